The van der Waals surface area contributed by atoms with Gasteiger partial charge in [0.25, 0.3) is 5.69 Å². The maximum Gasteiger partial charge on any atom is 0.534 e. The van der Waals surface area contributed by atoms with Crippen molar-refractivity contribution in [3.05, 3.63) is 230 Å². The van der Waals surface area contributed by atoms with Gasteiger partial charge in [0.1, 0.15) is 36.6 Å². The molecule has 0 unspecified atom stereocenters. The molecule has 12 aromatic rings. The third kappa shape index (κ3) is 27.0. The number of esters is 2. The number of halogens is 11. The molecule has 3 amide bonds. The molecule has 2 aromatic carbocycles. The molecule has 14 rings (SSSR count). The maximum absolute atomic E-state index is 12.4. The average molecular weight is 2030 g/mol. The number of hydrogen-bond acceptors (Lipinski definition) is 31. The van der Waals surface area contributed by atoms with Gasteiger partial charge in [-0.1, -0.05) is 117 Å². The summed E-state index contributed by atoms with van der Waals surface area (Å²) in [5, 5.41) is 25.4. The second kappa shape index (κ2) is 46.9. The zero-order valence-electron chi connectivity index (χ0n) is 69.7. The predicted octanol–water partition coefficient (Wildman–Crippen LogP) is 18.4. The minimum absolute atomic E-state index is 0.00308. The number of ether oxygens (including phenoxy) is 7. The Bertz CT molecular complexity index is 6620. The Labute approximate surface area is 785 Å². The molecule has 0 bridgehead atoms. The van der Waals surface area contributed by atoms with Gasteiger partial charge in [-0.2, -0.15) is 21.6 Å². The Morgan fingerprint density at radius 3 is 1.57 bits per heavy atom. The van der Waals surface area contributed by atoms with Crippen molar-refractivity contribution in [1.82, 2.24) is 53.3 Å². The molecule has 0 saturated heterocycles. The van der Waals surface area contributed by atoms with Crippen LogP contribution in [-0.2, 0) is 80.6 Å². The fourth-order valence-corrected chi connectivity index (χ4v) is 14.2. The van der Waals surface area contributed by atoms with Gasteiger partial charge in [-0.15, -0.1) is 0 Å². The maximum atomic E-state index is 12.4. The highest BCUT2D eigenvalue weighted by atomic mass is 35.5. The van der Waals surface area contributed by atoms with Crippen molar-refractivity contribution in [3.8, 4) is 34.3 Å². The van der Waals surface area contributed by atoms with Gasteiger partial charge in [-0.25, -0.2) is 80.8 Å². The van der Waals surface area contributed by atoms with Crippen molar-refractivity contribution in [2.45, 2.75) is 77.6 Å². The van der Waals surface area contributed by atoms with E-state index in [2.05, 4.69) is 53.9 Å². The van der Waals surface area contributed by atoms with E-state index in [1.807, 2.05) is 55.5 Å². The first kappa shape index (κ1) is 105. The van der Waals surface area contributed by atoms with Crippen LogP contribution in [0.5, 0.6) is 11.8 Å². The summed E-state index contributed by atoms with van der Waals surface area (Å²) in [4.78, 5) is 145. The van der Waals surface area contributed by atoms with Crippen molar-refractivity contribution in [2.75, 3.05) is 64.0 Å². The normalized spacial score (nSPS) is 11.8. The lowest BCUT2D eigenvalue weighted by molar-refractivity contribution is -0.386. The van der Waals surface area contributed by atoms with Crippen LogP contribution in [-0.4, -0.2) is 187 Å². The summed E-state index contributed by atoms with van der Waals surface area (Å²) in [6.07, 6.45) is -2.98. The summed E-state index contributed by atoms with van der Waals surface area (Å²) in [5.74, 6) is -4.92. The molecule has 39 nitrogen and oxygen atoms in total. The number of carbonyl (C=O) groups is 8. The molecule has 0 atom stereocenters. The van der Waals surface area contributed by atoms with Crippen LogP contribution < -0.4 is 19.1 Å². The van der Waals surface area contributed by atoms with E-state index in [9.17, 15) is 88.6 Å². The Balaban J connectivity index is 0.000000194. The number of nitrogens with one attached hydrogen (secondary N) is 2. The van der Waals surface area contributed by atoms with Gasteiger partial charge >= 0.3 is 57.7 Å². The SMILES string of the molecule is CCOC(=O)C(C(=O)OCC)c1nc(Cl)ccc1[N+](=O)[O-].CCOC(=O)N1C(=O)Cc2nc(Cl)ccc21.CCOC(=O)Oc1cc2nc(Cl)ccc2n1C(=O)OCC.CCOC(=O)n1c(OS(=O)(=O)C(F)(F)F)cc2nc(Cl)ccc21.Cc1cc(S(=O)(=O)N(C)C)ccc1-c1ccc2[nH]c(-c3ccccc3Cl)cc2n1.O=C1Cc2nc(Cl)ccc2N1.O=[N+]([O-])c1ccc(Cl)nc1Cl. The molecule has 12 heterocycles. The van der Waals surface area contributed by atoms with Crippen molar-refractivity contribution in [1.29, 1.82) is 0 Å². The van der Waals surface area contributed by atoms with Gasteiger partial charge in [0.15, 0.2) is 0 Å². The highest BCUT2D eigenvalue weighted by molar-refractivity contribution is 7.89. The zero-order chi connectivity index (χ0) is 97.6. The first-order chi connectivity index (χ1) is 62.3. The van der Waals surface area contributed by atoms with Crippen LogP contribution in [0.25, 0.3) is 55.6 Å². The molecule has 0 radical (unpaired) electrons. The van der Waals surface area contributed by atoms with Crippen molar-refractivity contribution in [2.24, 2.45) is 0 Å². The highest BCUT2D eigenvalue weighted by Gasteiger charge is 2.49. The Morgan fingerprint density at radius 2 is 1.03 bits per heavy atom. The first-order valence-corrected chi connectivity index (χ1v) is 43.7. The van der Waals surface area contributed by atoms with Crippen molar-refractivity contribution < 1.29 is 116 Å². The largest absolute Gasteiger partial charge is 0.534 e. The second-order valence-electron chi connectivity index (χ2n) is 25.9. The lowest BCUT2D eigenvalue weighted by Gasteiger charge is -2.14. The van der Waals surface area contributed by atoms with Crippen LogP contribution in [0.4, 0.5) is 55.1 Å². The molecule has 0 fully saturated rings. The summed E-state index contributed by atoms with van der Waals surface area (Å²) in [7, 11) is -6.39. The molecular formula is C80H70Cl8F3N15O24S2. The molecule has 10 aromatic heterocycles. The smallest absolute Gasteiger partial charge is 0.465 e. The monoisotopic (exact) mass is 2030 g/mol. The molecule has 2 aliphatic heterocycles. The number of aromatic nitrogens is 10. The number of benzene rings is 2. The zero-order valence-corrected chi connectivity index (χ0v) is 77.4. The Kier molecular flexibility index (Phi) is 37.1. The van der Waals surface area contributed by atoms with E-state index in [4.69, 9.17) is 121 Å². The van der Waals surface area contributed by atoms with Gasteiger partial charge in [-0.3, -0.25) is 39.4 Å². The number of imide groups is 1. The van der Waals surface area contributed by atoms with Gasteiger partial charge in [0, 0.05) is 60.2 Å². The number of rotatable bonds is 18. The van der Waals surface area contributed by atoms with Crippen LogP contribution in [0, 0.1) is 27.2 Å². The number of sulfonamides is 1. The van der Waals surface area contributed by atoms with Crippen LogP contribution in [0.3, 0.4) is 0 Å². The van der Waals surface area contributed by atoms with Crippen LogP contribution in [0.1, 0.15) is 70.1 Å². The van der Waals surface area contributed by atoms with E-state index in [1.54, 1.807) is 71.0 Å². The van der Waals surface area contributed by atoms with E-state index in [0.717, 1.165) is 72.1 Å². The molecule has 0 saturated carbocycles. The van der Waals surface area contributed by atoms with Gasteiger partial charge in [0.05, 0.1) is 129 Å². The second-order valence-corrected chi connectivity index (χ2v) is 32.7. The van der Waals surface area contributed by atoms with Crippen molar-refractivity contribution >= 4 is 217 Å². The van der Waals surface area contributed by atoms with E-state index < -0.39 is 95.0 Å². The number of carbonyl (C=O) groups excluding carboxylic acids is 8. The summed E-state index contributed by atoms with van der Waals surface area (Å²) < 4.78 is 125. The van der Waals surface area contributed by atoms with Crippen LogP contribution in [0.15, 0.2) is 150 Å². The number of nitro groups is 2. The highest BCUT2D eigenvalue weighted by Crippen LogP contribution is 2.37. The molecule has 132 heavy (non-hydrogen) atoms. The quantitative estimate of drug-likeness (QED) is 0.0118. The predicted molar refractivity (Wildman–Crippen MR) is 477 cm³/mol. The van der Waals surface area contributed by atoms with Crippen LogP contribution >= 0.6 is 92.8 Å². The van der Waals surface area contributed by atoms with E-state index >= 15 is 0 Å². The van der Waals surface area contributed by atoms with Crippen molar-refractivity contribution in [3.63, 3.8) is 0 Å². The molecule has 698 valence electrons. The fraction of sp³-hybridized carbons (Fsp3) is 0.237. The third-order valence-electron chi connectivity index (χ3n) is 17.0. The minimum atomic E-state index is -5.97. The number of amides is 3. The third-order valence-corrected chi connectivity index (χ3v) is 21.6. The molecule has 0 spiro atoms. The lowest BCUT2D eigenvalue weighted by Crippen LogP contribution is -2.34. The standard InChI is InChI=1S/C22H20ClN3O2S.C13H13ClN2O5.C12H13ClN2O6.C11H8ClF3N2O5S.C10H9ClN2O3.C7H5ClN2O.C5H2Cl2N2O2/c1-14-12-15(29(27,28)26(2)3)8-9-16(14)19-10-11-20-22(24-19)13-21(25-20)17-6-4-5-7-18(17)23;1-3-19-12(17)16-9-5-6-10(14)15-8(9)7-11(16)21-13(18)20-4-2;1-3-20-11(16)9(12(17)21-4-2)10-7(15(18)19)5-6-8(13)14-10;1-2-21-10(18)17-7-3-4-8(12)16-6(7)5-9(17)22-23(19,20)11(13,14)15;1-2-16-10(15)13-7-3-4-8(11)12-6(7)5-9(13)14;8-6-2-1-4-5(9-6)3-7(11)10-4;6-4-2-1-3(9(10)11)5(7)8-4/h4-13,25H,1-3H3;5-7H,3-4H2,1-2H3;5-6,9H,3-4H2,1-2H3;3-5H,2H2,1H3;3-4H,2,5H2,1H3;1-2H,3H2,(H,10,11);1-2H. The number of fused-ring (bicyclic) bond motifs is 5. The molecule has 2 aliphatic rings. The number of nitrogens with zero attached hydrogens (tertiary/aromatic N) is 13. The van der Waals surface area contributed by atoms with E-state index in [0.29, 0.717) is 48.7 Å². The Morgan fingerprint density at radius 1 is 0.530 bits per heavy atom. The molecule has 2 N–H and O–H groups in total. The van der Waals surface area contributed by atoms with E-state index in [1.165, 1.54) is 73.9 Å². The Hall–Kier alpha value is -12.8. The summed E-state index contributed by atoms with van der Waals surface area (Å²) >= 11 is 45.6. The number of H-pyrrole nitrogens is 1. The number of pyridine rings is 7. The number of hydrogen-bond donors (Lipinski definition) is 2. The molecular weight excluding hydrogens is 1960 g/mol. The van der Waals surface area contributed by atoms with Crippen LogP contribution in [0.2, 0.25) is 41.1 Å². The summed E-state index contributed by atoms with van der Waals surface area (Å²) in [6, 6.07) is 37.8. The first-order valence-electron chi connectivity index (χ1n) is 37.9. The number of anilines is 2. The van der Waals surface area contributed by atoms with E-state index in [-0.39, 0.29) is 111 Å². The topological polar surface area (TPSA) is 499 Å². The lowest BCUT2D eigenvalue weighted by atomic mass is 10.0. The van der Waals surface area contributed by atoms with Gasteiger partial charge in [-0.05, 0) is 151 Å². The number of alkyl halides is 3. The van der Waals surface area contributed by atoms with Gasteiger partial charge < -0.3 is 47.6 Å². The number of aryl methyl sites for hydroxylation is 1. The molecule has 52 heteroatoms. The fourth-order valence-electron chi connectivity index (χ4n) is 11.4. The summed E-state index contributed by atoms with van der Waals surface area (Å²) in [6.45, 7) is 11.9. The molecule has 0 aliphatic carbocycles. The minimum Gasteiger partial charge on any atom is -0.465 e. The summed E-state index contributed by atoms with van der Waals surface area (Å²) in [5.41, 5.74) is 2.49. The number of aromatic amines is 1. The van der Waals surface area contributed by atoms with Gasteiger partial charge in [0.2, 0.25) is 44.7 Å². The average Bonchev–Trinajstić information content (AvgIpc) is 1.53.